The Morgan fingerprint density at radius 1 is 1.21 bits per heavy atom. The number of rotatable bonds is 12. The van der Waals surface area contributed by atoms with Crippen LogP contribution in [0.5, 0.6) is 0 Å². The molecular formula is C25H34Cl2F2N4O5. The summed E-state index contributed by atoms with van der Waals surface area (Å²) < 4.78 is 39.9. The van der Waals surface area contributed by atoms with Gasteiger partial charge in [0.25, 0.3) is 0 Å². The predicted octanol–water partition coefficient (Wildman–Crippen LogP) is 3.60. The summed E-state index contributed by atoms with van der Waals surface area (Å²) in [6, 6.07) is 8.99. The van der Waals surface area contributed by atoms with Crippen LogP contribution in [0.1, 0.15) is 38.5 Å². The van der Waals surface area contributed by atoms with Crippen molar-refractivity contribution in [2.24, 2.45) is 0 Å². The van der Waals surface area contributed by atoms with Gasteiger partial charge >= 0.3 is 17.6 Å². The van der Waals surface area contributed by atoms with E-state index < -0.39 is 42.6 Å². The van der Waals surface area contributed by atoms with Crippen LogP contribution in [-0.2, 0) is 20.7 Å². The highest BCUT2D eigenvalue weighted by molar-refractivity contribution is 6.18. The summed E-state index contributed by atoms with van der Waals surface area (Å²) in [5.74, 6) is -3.60. The number of aliphatic hydroxyl groups excluding tert-OH is 1. The highest BCUT2D eigenvalue weighted by Gasteiger charge is 2.60. The van der Waals surface area contributed by atoms with Crippen LogP contribution in [-0.4, -0.2) is 70.2 Å². The summed E-state index contributed by atoms with van der Waals surface area (Å²) in [6.45, 7) is 4.77. The SMILES string of the molecule is CC.Nc1ccn(C2O[C@H](COC(=O)CCCc3ccc(N(CCCl)CCCl)cc3)[C@H](O)C2(F)F)c(=O)n1. The zero-order valence-electron chi connectivity index (χ0n) is 21.4. The molecule has 0 radical (unpaired) electrons. The van der Waals surface area contributed by atoms with Crippen LogP contribution in [0.2, 0.25) is 0 Å². The first-order chi connectivity index (χ1) is 18.2. The summed E-state index contributed by atoms with van der Waals surface area (Å²) in [4.78, 5) is 29.5. The summed E-state index contributed by atoms with van der Waals surface area (Å²) in [5.41, 5.74) is 6.34. The van der Waals surface area contributed by atoms with Crippen molar-refractivity contribution in [2.45, 2.75) is 57.5 Å². The largest absolute Gasteiger partial charge is 0.463 e. The van der Waals surface area contributed by atoms with Crippen molar-refractivity contribution in [3.05, 3.63) is 52.6 Å². The maximum Gasteiger partial charge on any atom is 0.351 e. The highest BCUT2D eigenvalue weighted by atomic mass is 35.5. The molecule has 38 heavy (non-hydrogen) atoms. The second kappa shape index (κ2) is 15.2. The van der Waals surface area contributed by atoms with Crippen LogP contribution in [0.3, 0.4) is 0 Å². The van der Waals surface area contributed by atoms with Crippen molar-refractivity contribution in [2.75, 3.05) is 42.1 Å². The minimum Gasteiger partial charge on any atom is -0.463 e. The standard InChI is InChI=1S/C23H28Cl2F2N4O5.C2H6/c24-9-12-30(13-10-25)16-6-4-15(5-7-16)2-1-3-19(32)35-14-17-20(33)23(26,27)21(36-17)31-11-8-18(28)29-22(31)34;1-2/h4-8,11,17,20-21,33H,1-3,9-10,12-14H2,(H2,28,29,34);1-2H3/t17-,20+,21?;/m1./s1. The normalized spacial score (nSPS) is 19.9. The number of carbonyl (C=O) groups excluding carboxylic acids is 1. The lowest BCUT2D eigenvalue weighted by Gasteiger charge is -2.23. The van der Waals surface area contributed by atoms with E-state index in [9.17, 15) is 23.5 Å². The molecule has 13 heteroatoms. The third kappa shape index (κ3) is 8.26. The van der Waals surface area contributed by atoms with Gasteiger partial charge in [-0.1, -0.05) is 26.0 Å². The second-order valence-corrected chi connectivity index (χ2v) is 9.01. The molecule has 1 aromatic carbocycles. The molecule has 9 nitrogen and oxygen atoms in total. The lowest BCUT2D eigenvalue weighted by molar-refractivity contribution is -0.150. The molecule has 212 valence electrons. The van der Waals surface area contributed by atoms with Crippen LogP contribution >= 0.6 is 23.2 Å². The molecule has 1 aliphatic heterocycles. The van der Waals surface area contributed by atoms with Crippen LogP contribution in [0.15, 0.2) is 41.3 Å². The summed E-state index contributed by atoms with van der Waals surface area (Å²) in [6.07, 6.45) is -3.77. The lowest BCUT2D eigenvalue weighted by atomic mass is 10.1. The van der Waals surface area contributed by atoms with Gasteiger partial charge in [0.05, 0.1) is 0 Å². The number of benzene rings is 1. The molecule has 3 atom stereocenters. The molecule has 0 spiro atoms. The maximum atomic E-state index is 14.5. The molecule has 0 bridgehead atoms. The number of ether oxygens (including phenoxy) is 2. The average molecular weight is 579 g/mol. The number of nitrogens with zero attached hydrogens (tertiary/aromatic N) is 3. The van der Waals surface area contributed by atoms with E-state index in [-0.39, 0.29) is 12.2 Å². The van der Waals surface area contributed by atoms with Crippen molar-refractivity contribution in [1.82, 2.24) is 9.55 Å². The molecular weight excluding hydrogens is 545 g/mol. The monoisotopic (exact) mass is 578 g/mol. The van der Waals surface area contributed by atoms with Gasteiger partial charge in [-0.05, 0) is 36.6 Å². The molecule has 0 saturated carbocycles. The van der Waals surface area contributed by atoms with Gasteiger partial charge in [-0.3, -0.25) is 9.36 Å². The fraction of sp³-hybridized carbons (Fsp3) is 0.560. The van der Waals surface area contributed by atoms with Crippen LogP contribution < -0.4 is 16.3 Å². The average Bonchev–Trinajstić information content (AvgIpc) is 3.12. The van der Waals surface area contributed by atoms with Gasteiger partial charge in [0.1, 0.15) is 18.5 Å². The number of halogens is 4. The molecule has 3 N–H and O–H groups in total. The number of hydrogen-bond donors (Lipinski definition) is 2. The Labute approximate surface area is 230 Å². The topological polar surface area (TPSA) is 120 Å². The molecule has 0 amide bonds. The Morgan fingerprint density at radius 2 is 1.84 bits per heavy atom. The van der Waals surface area contributed by atoms with E-state index in [2.05, 4.69) is 9.88 Å². The Bertz CT molecular complexity index is 1070. The molecule has 1 saturated heterocycles. The fourth-order valence-electron chi connectivity index (χ4n) is 3.84. The number of nitrogen functional groups attached to an aromatic ring is 1. The molecule has 1 aromatic heterocycles. The van der Waals surface area contributed by atoms with E-state index in [4.69, 9.17) is 38.4 Å². The van der Waals surface area contributed by atoms with Crippen molar-refractivity contribution in [3.63, 3.8) is 0 Å². The van der Waals surface area contributed by atoms with Gasteiger partial charge in [0.2, 0.25) is 6.23 Å². The van der Waals surface area contributed by atoms with Crippen molar-refractivity contribution in [1.29, 1.82) is 0 Å². The Kier molecular flexibility index (Phi) is 12.7. The number of carbonyl (C=O) groups is 1. The van der Waals surface area contributed by atoms with Crippen LogP contribution in [0.4, 0.5) is 20.3 Å². The molecule has 3 rings (SSSR count). The smallest absolute Gasteiger partial charge is 0.351 e. The molecule has 1 fully saturated rings. The van der Waals surface area contributed by atoms with Crippen LogP contribution in [0.25, 0.3) is 0 Å². The number of esters is 1. The number of aromatic nitrogens is 2. The summed E-state index contributed by atoms with van der Waals surface area (Å²) >= 11 is 11.7. The highest BCUT2D eigenvalue weighted by Crippen LogP contribution is 2.42. The van der Waals surface area contributed by atoms with E-state index in [1.807, 2.05) is 38.1 Å². The third-order valence-electron chi connectivity index (χ3n) is 5.75. The molecule has 2 heterocycles. The van der Waals surface area contributed by atoms with Gasteiger partial charge in [-0.2, -0.15) is 13.8 Å². The number of anilines is 2. The third-order valence-corrected chi connectivity index (χ3v) is 6.09. The minimum absolute atomic E-state index is 0.0519. The number of aryl methyl sites for hydroxylation is 1. The van der Waals surface area contributed by atoms with Gasteiger partial charge < -0.3 is 25.2 Å². The van der Waals surface area contributed by atoms with Gasteiger partial charge in [-0.25, -0.2) is 4.79 Å². The summed E-state index contributed by atoms with van der Waals surface area (Å²) in [5, 5.41) is 10.0. The van der Waals surface area contributed by atoms with Gasteiger partial charge in [0, 0.05) is 43.2 Å². The Balaban J connectivity index is 0.00000247. The van der Waals surface area contributed by atoms with Crippen LogP contribution in [0, 0.1) is 0 Å². The first-order valence-electron chi connectivity index (χ1n) is 12.3. The zero-order chi connectivity index (χ0) is 28.3. The number of aliphatic hydroxyl groups is 1. The lowest BCUT2D eigenvalue weighted by Crippen LogP contribution is -2.42. The van der Waals surface area contributed by atoms with E-state index >= 15 is 0 Å². The predicted molar refractivity (Wildman–Crippen MR) is 143 cm³/mol. The molecule has 1 aliphatic rings. The maximum absolute atomic E-state index is 14.5. The molecule has 1 unspecified atom stereocenters. The quantitative estimate of drug-likeness (QED) is 0.289. The van der Waals surface area contributed by atoms with Crippen molar-refractivity contribution >= 4 is 40.7 Å². The molecule has 0 aliphatic carbocycles. The van der Waals surface area contributed by atoms with E-state index in [1.54, 1.807) is 0 Å². The first-order valence-corrected chi connectivity index (χ1v) is 13.4. The number of nitrogens with two attached hydrogens (primary N) is 1. The van der Waals surface area contributed by atoms with Gasteiger partial charge in [-0.15, -0.1) is 23.2 Å². The summed E-state index contributed by atoms with van der Waals surface area (Å²) in [7, 11) is 0. The minimum atomic E-state index is -3.81. The first kappa shape index (κ1) is 31.7. The molecule has 2 aromatic rings. The second-order valence-electron chi connectivity index (χ2n) is 8.26. The van der Waals surface area contributed by atoms with Crippen molar-refractivity contribution in [3.8, 4) is 0 Å². The fourth-order valence-corrected chi connectivity index (χ4v) is 4.25. The zero-order valence-corrected chi connectivity index (χ0v) is 22.9. The number of alkyl halides is 4. The van der Waals surface area contributed by atoms with E-state index in [0.29, 0.717) is 42.3 Å². The Hall–Kier alpha value is -2.47. The van der Waals surface area contributed by atoms with E-state index in [0.717, 1.165) is 23.5 Å². The van der Waals surface area contributed by atoms with E-state index in [1.165, 1.54) is 0 Å². The number of hydrogen-bond acceptors (Lipinski definition) is 8. The Morgan fingerprint density at radius 3 is 2.42 bits per heavy atom. The van der Waals surface area contributed by atoms with Crippen molar-refractivity contribution < 1.29 is 28.2 Å². The van der Waals surface area contributed by atoms with Gasteiger partial charge in [0.15, 0.2) is 6.10 Å².